The first-order valence-corrected chi connectivity index (χ1v) is 9.39. The van der Waals surface area contributed by atoms with Gasteiger partial charge < -0.3 is 5.32 Å². The van der Waals surface area contributed by atoms with Crippen molar-refractivity contribution >= 4 is 15.9 Å². The monoisotopic (exact) mass is 344 g/mol. The molecule has 0 radical (unpaired) electrons. The van der Waals surface area contributed by atoms with Crippen LogP contribution in [-0.2, 0) is 16.6 Å². The van der Waals surface area contributed by atoms with Crippen LogP contribution in [0.4, 0.5) is 0 Å². The fraction of sp³-hybridized carbons (Fsp3) is 0.278. The highest BCUT2D eigenvalue weighted by Crippen LogP contribution is 2.23. The van der Waals surface area contributed by atoms with Gasteiger partial charge in [-0.25, -0.2) is 13.1 Å². The molecule has 6 heteroatoms. The summed E-state index contributed by atoms with van der Waals surface area (Å²) in [5, 5.41) is 2.83. The van der Waals surface area contributed by atoms with Crippen LogP contribution in [0.2, 0.25) is 0 Å². The van der Waals surface area contributed by atoms with Gasteiger partial charge in [0.15, 0.2) is 0 Å². The second-order valence-electron chi connectivity index (χ2n) is 6.04. The van der Waals surface area contributed by atoms with Crippen LogP contribution in [0.15, 0.2) is 53.4 Å². The first kappa shape index (κ1) is 16.7. The third kappa shape index (κ3) is 4.01. The number of hydrogen-bond acceptors (Lipinski definition) is 3. The summed E-state index contributed by atoms with van der Waals surface area (Å²) in [5.74, 6) is -0.278. The molecule has 1 saturated carbocycles. The summed E-state index contributed by atoms with van der Waals surface area (Å²) in [6.45, 7) is 2.19. The third-order valence-corrected chi connectivity index (χ3v) is 5.48. The number of carbonyl (C=O) groups is 1. The van der Waals surface area contributed by atoms with E-state index in [0.717, 1.165) is 24.0 Å². The van der Waals surface area contributed by atoms with Crippen LogP contribution in [0.1, 0.15) is 34.3 Å². The van der Waals surface area contributed by atoms with Gasteiger partial charge in [0, 0.05) is 18.2 Å². The van der Waals surface area contributed by atoms with Crippen molar-refractivity contribution < 1.29 is 13.2 Å². The average molecular weight is 344 g/mol. The van der Waals surface area contributed by atoms with Crippen LogP contribution in [0.5, 0.6) is 0 Å². The molecular weight excluding hydrogens is 324 g/mol. The number of benzene rings is 2. The minimum Gasteiger partial charge on any atom is -0.348 e. The van der Waals surface area contributed by atoms with Gasteiger partial charge in [0.2, 0.25) is 10.0 Å². The zero-order chi connectivity index (χ0) is 17.2. The molecule has 1 amide bonds. The first-order valence-electron chi connectivity index (χ1n) is 7.91. The Labute approximate surface area is 142 Å². The van der Waals surface area contributed by atoms with E-state index in [4.69, 9.17) is 0 Å². The quantitative estimate of drug-likeness (QED) is 0.845. The summed E-state index contributed by atoms with van der Waals surface area (Å²) < 4.78 is 27.2. The van der Waals surface area contributed by atoms with Crippen molar-refractivity contribution in [1.29, 1.82) is 0 Å². The lowest BCUT2D eigenvalue weighted by Gasteiger charge is -2.11. The maximum Gasteiger partial charge on any atom is 0.251 e. The summed E-state index contributed by atoms with van der Waals surface area (Å²) in [6, 6.07) is 14.3. The summed E-state index contributed by atoms with van der Waals surface area (Å²) in [7, 11) is -3.57. The molecule has 2 aromatic carbocycles. The smallest absolute Gasteiger partial charge is 0.251 e. The Morgan fingerprint density at radius 1 is 1.12 bits per heavy atom. The van der Waals surface area contributed by atoms with E-state index in [1.54, 1.807) is 13.0 Å². The minimum atomic E-state index is -3.57. The zero-order valence-electron chi connectivity index (χ0n) is 13.5. The van der Waals surface area contributed by atoms with Gasteiger partial charge in [-0.3, -0.25) is 4.79 Å². The standard InChI is InChI=1S/C18H20N2O3S/c1-13-7-10-16(24(22,23)20-15-8-9-15)11-17(13)18(21)19-12-14-5-3-2-4-6-14/h2-7,10-11,15,20H,8-9,12H2,1H3,(H,19,21). The van der Waals surface area contributed by atoms with Crippen LogP contribution in [0.3, 0.4) is 0 Å². The highest BCUT2D eigenvalue weighted by molar-refractivity contribution is 7.89. The van der Waals surface area contributed by atoms with E-state index >= 15 is 0 Å². The lowest BCUT2D eigenvalue weighted by atomic mass is 10.1. The molecule has 0 unspecified atom stereocenters. The van der Waals surface area contributed by atoms with Crippen LogP contribution in [0, 0.1) is 6.92 Å². The number of aryl methyl sites for hydroxylation is 1. The fourth-order valence-electron chi connectivity index (χ4n) is 2.37. The van der Waals surface area contributed by atoms with Gasteiger partial charge in [0.25, 0.3) is 5.91 Å². The fourth-order valence-corrected chi connectivity index (χ4v) is 3.71. The molecule has 0 atom stereocenters. The molecule has 0 aliphatic heterocycles. The number of hydrogen-bond donors (Lipinski definition) is 2. The van der Waals surface area contributed by atoms with Gasteiger partial charge >= 0.3 is 0 Å². The van der Waals surface area contributed by atoms with Crippen molar-refractivity contribution in [2.75, 3.05) is 0 Å². The number of sulfonamides is 1. The molecule has 2 aromatic rings. The van der Waals surface area contributed by atoms with Gasteiger partial charge in [-0.05, 0) is 43.0 Å². The third-order valence-electron chi connectivity index (χ3n) is 3.96. The largest absolute Gasteiger partial charge is 0.348 e. The molecule has 1 aliphatic rings. The second kappa shape index (κ2) is 6.75. The lowest BCUT2D eigenvalue weighted by molar-refractivity contribution is 0.0950. The second-order valence-corrected chi connectivity index (χ2v) is 7.75. The molecule has 24 heavy (non-hydrogen) atoms. The van der Waals surface area contributed by atoms with Crippen LogP contribution in [-0.4, -0.2) is 20.4 Å². The number of nitrogens with one attached hydrogen (secondary N) is 2. The normalized spacial score (nSPS) is 14.4. The van der Waals surface area contributed by atoms with Gasteiger partial charge in [-0.1, -0.05) is 36.4 Å². The molecule has 126 valence electrons. The van der Waals surface area contributed by atoms with Crippen molar-refractivity contribution in [2.45, 2.75) is 37.2 Å². The molecule has 5 nitrogen and oxygen atoms in total. The van der Waals surface area contributed by atoms with Crippen molar-refractivity contribution in [3.05, 3.63) is 65.2 Å². The van der Waals surface area contributed by atoms with Crippen molar-refractivity contribution in [3.63, 3.8) is 0 Å². The Hall–Kier alpha value is -2.18. The summed E-state index contributed by atoms with van der Waals surface area (Å²) in [6.07, 6.45) is 1.74. The molecule has 0 spiro atoms. The Balaban J connectivity index is 1.76. The topological polar surface area (TPSA) is 75.3 Å². The van der Waals surface area contributed by atoms with E-state index in [2.05, 4.69) is 10.0 Å². The van der Waals surface area contributed by atoms with Gasteiger partial charge in [0.05, 0.1) is 4.90 Å². The summed E-state index contributed by atoms with van der Waals surface area (Å²) >= 11 is 0. The van der Waals surface area contributed by atoms with Crippen molar-refractivity contribution in [2.24, 2.45) is 0 Å². The minimum absolute atomic E-state index is 0.0339. The van der Waals surface area contributed by atoms with Gasteiger partial charge in [-0.2, -0.15) is 0 Å². The van der Waals surface area contributed by atoms with Crippen LogP contribution in [0.25, 0.3) is 0 Å². The molecule has 1 aliphatic carbocycles. The number of amides is 1. The van der Waals surface area contributed by atoms with E-state index in [1.165, 1.54) is 12.1 Å². The maximum absolute atomic E-state index is 12.4. The van der Waals surface area contributed by atoms with E-state index in [9.17, 15) is 13.2 Å². The van der Waals surface area contributed by atoms with E-state index < -0.39 is 10.0 Å². The summed E-state index contributed by atoms with van der Waals surface area (Å²) in [4.78, 5) is 12.6. The molecule has 3 rings (SSSR count). The predicted molar refractivity (Wildman–Crippen MR) is 92.1 cm³/mol. The van der Waals surface area contributed by atoms with Crippen molar-refractivity contribution in [3.8, 4) is 0 Å². The molecular formula is C18H20N2O3S. The highest BCUT2D eigenvalue weighted by Gasteiger charge is 2.28. The number of carbonyl (C=O) groups excluding carboxylic acids is 1. The summed E-state index contributed by atoms with van der Waals surface area (Å²) in [5.41, 5.74) is 2.11. The molecule has 1 fully saturated rings. The highest BCUT2D eigenvalue weighted by atomic mass is 32.2. The van der Waals surface area contributed by atoms with Gasteiger partial charge in [-0.15, -0.1) is 0 Å². The Bertz CT molecular complexity index is 844. The lowest BCUT2D eigenvalue weighted by Crippen LogP contribution is -2.27. The first-order chi connectivity index (χ1) is 11.5. The zero-order valence-corrected chi connectivity index (χ0v) is 14.3. The molecule has 0 aromatic heterocycles. The molecule has 0 bridgehead atoms. The van der Waals surface area contributed by atoms with Gasteiger partial charge in [0.1, 0.15) is 0 Å². The van der Waals surface area contributed by atoms with E-state index in [1.807, 2.05) is 30.3 Å². The van der Waals surface area contributed by atoms with E-state index in [0.29, 0.717) is 12.1 Å². The Morgan fingerprint density at radius 2 is 1.83 bits per heavy atom. The molecule has 0 heterocycles. The van der Waals surface area contributed by atoms with Crippen LogP contribution >= 0.6 is 0 Å². The average Bonchev–Trinajstić information content (AvgIpc) is 3.37. The predicted octanol–water partition coefficient (Wildman–Crippen LogP) is 2.37. The molecule has 2 N–H and O–H groups in total. The van der Waals surface area contributed by atoms with E-state index in [-0.39, 0.29) is 16.8 Å². The van der Waals surface area contributed by atoms with Crippen molar-refractivity contribution in [1.82, 2.24) is 10.0 Å². The Morgan fingerprint density at radius 3 is 2.50 bits per heavy atom. The number of rotatable bonds is 6. The van der Waals surface area contributed by atoms with Crippen LogP contribution < -0.4 is 10.0 Å². The maximum atomic E-state index is 12.4. The SMILES string of the molecule is Cc1ccc(S(=O)(=O)NC2CC2)cc1C(=O)NCc1ccccc1. The Kier molecular flexibility index (Phi) is 4.69. The molecule has 0 saturated heterocycles.